The lowest BCUT2D eigenvalue weighted by atomic mass is 9.83. The maximum absolute atomic E-state index is 12.9. The summed E-state index contributed by atoms with van der Waals surface area (Å²) in [6, 6.07) is 7.93. The number of thiophene rings is 1. The van der Waals surface area contributed by atoms with Gasteiger partial charge in [-0.15, -0.1) is 11.3 Å². The summed E-state index contributed by atoms with van der Waals surface area (Å²) in [5, 5.41) is 9.05. The Labute approximate surface area is 149 Å². The first kappa shape index (κ1) is 16.1. The molecule has 0 atom stereocenters. The van der Waals surface area contributed by atoms with E-state index in [2.05, 4.69) is 21.5 Å². The summed E-state index contributed by atoms with van der Waals surface area (Å²) >= 11 is 1.66. The van der Waals surface area contributed by atoms with Crippen molar-refractivity contribution in [3.05, 3.63) is 46.6 Å². The molecule has 130 valence electrons. The van der Waals surface area contributed by atoms with Crippen molar-refractivity contribution in [2.75, 3.05) is 0 Å². The van der Waals surface area contributed by atoms with E-state index < -0.39 is 5.41 Å². The smallest absolute Gasteiger partial charge is 0.246 e. The lowest BCUT2D eigenvalue weighted by molar-refractivity contribution is -0.126. The molecule has 1 N–H and O–H groups in total. The number of hydrogen-bond donors (Lipinski definition) is 1. The van der Waals surface area contributed by atoms with Crippen molar-refractivity contribution in [2.45, 2.75) is 37.6 Å². The second-order valence-corrected chi connectivity index (χ2v) is 7.41. The van der Waals surface area contributed by atoms with E-state index in [1.165, 1.54) is 0 Å². The van der Waals surface area contributed by atoms with Gasteiger partial charge in [0, 0.05) is 18.1 Å². The zero-order chi connectivity index (χ0) is 17.3. The van der Waals surface area contributed by atoms with E-state index in [0.29, 0.717) is 11.7 Å². The molecule has 1 amide bonds. The number of carbonyl (C=O) groups excluding carboxylic acids is 1. The highest BCUT2D eigenvalue weighted by molar-refractivity contribution is 7.10. The van der Waals surface area contributed by atoms with Crippen LogP contribution in [-0.2, 0) is 23.8 Å². The van der Waals surface area contributed by atoms with E-state index in [-0.39, 0.29) is 12.5 Å². The molecule has 1 fully saturated rings. The SMILES string of the molecule is Cn1cccc1-c1noc(CNC(=O)C2(c3cccs3)CCCC2)n1. The summed E-state index contributed by atoms with van der Waals surface area (Å²) in [5.41, 5.74) is 0.488. The van der Waals surface area contributed by atoms with Crippen molar-refractivity contribution >= 4 is 17.2 Å². The molecule has 0 aromatic carbocycles. The maximum atomic E-state index is 12.9. The molecule has 0 saturated heterocycles. The number of hydrogen-bond acceptors (Lipinski definition) is 5. The molecule has 4 rings (SSSR count). The normalized spacial score (nSPS) is 16.2. The molecule has 6 nitrogen and oxygen atoms in total. The highest BCUT2D eigenvalue weighted by Crippen LogP contribution is 2.43. The standard InChI is InChI=1S/C18H20N4O2S/c1-22-10-4-6-13(22)16-20-15(24-21-16)12-19-17(23)18(8-2-3-9-18)14-7-5-11-25-14/h4-7,10-11H,2-3,8-9,12H2,1H3,(H,19,23). The Hall–Kier alpha value is -2.41. The molecule has 0 radical (unpaired) electrons. The molecule has 1 aliphatic rings. The fourth-order valence-electron chi connectivity index (χ4n) is 3.56. The molecule has 0 spiro atoms. The number of carbonyl (C=O) groups is 1. The van der Waals surface area contributed by atoms with Crippen LogP contribution in [-0.4, -0.2) is 20.6 Å². The van der Waals surface area contributed by atoms with Gasteiger partial charge < -0.3 is 14.4 Å². The van der Waals surface area contributed by atoms with Gasteiger partial charge in [0.15, 0.2) is 0 Å². The third kappa shape index (κ3) is 2.89. The summed E-state index contributed by atoms with van der Waals surface area (Å²) in [5.74, 6) is 1.01. The molecular formula is C18H20N4O2S. The van der Waals surface area contributed by atoms with Gasteiger partial charge in [-0.3, -0.25) is 4.79 Å². The highest BCUT2D eigenvalue weighted by Gasteiger charge is 2.43. The molecule has 25 heavy (non-hydrogen) atoms. The van der Waals surface area contributed by atoms with Gasteiger partial charge in [-0.05, 0) is 36.4 Å². The average Bonchev–Trinajstić information content (AvgIpc) is 3.38. The molecule has 0 unspecified atom stereocenters. The quantitative estimate of drug-likeness (QED) is 0.761. The largest absolute Gasteiger partial charge is 0.348 e. The average molecular weight is 356 g/mol. The number of amides is 1. The predicted molar refractivity (Wildman–Crippen MR) is 95.0 cm³/mol. The minimum atomic E-state index is -0.394. The van der Waals surface area contributed by atoms with E-state index in [4.69, 9.17) is 4.52 Å². The second kappa shape index (κ2) is 6.48. The number of rotatable bonds is 5. The maximum Gasteiger partial charge on any atom is 0.246 e. The van der Waals surface area contributed by atoms with Gasteiger partial charge in [0.1, 0.15) is 0 Å². The summed E-state index contributed by atoms with van der Waals surface area (Å²) < 4.78 is 7.22. The van der Waals surface area contributed by atoms with E-state index in [0.717, 1.165) is 36.3 Å². The van der Waals surface area contributed by atoms with Crippen LogP contribution in [0.5, 0.6) is 0 Å². The fraction of sp³-hybridized carbons (Fsp3) is 0.389. The van der Waals surface area contributed by atoms with Crippen LogP contribution in [0.4, 0.5) is 0 Å². The molecule has 0 bridgehead atoms. The van der Waals surface area contributed by atoms with E-state index in [1.807, 2.05) is 41.4 Å². The van der Waals surface area contributed by atoms with Crippen molar-refractivity contribution in [1.29, 1.82) is 0 Å². The van der Waals surface area contributed by atoms with Gasteiger partial charge in [0.2, 0.25) is 17.6 Å². The van der Waals surface area contributed by atoms with Crippen LogP contribution in [0, 0.1) is 0 Å². The van der Waals surface area contributed by atoms with Crippen LogP contribution in [0.2, 0.25) is 0 Å². The van der Waals surface area contributed by atoms with E-state index in [9.17, 15) is 4.79 Å². The monoisotopic (exact) mass is 356 g/mol. The van der Waals surface area contributed by atoms with E-state index in [1.54, 1.807) is 11.3 Å². The molecule has 1 aliphatic carbocycles. The van der Waals surface area contributed by atoms with Crippen molar-refractivity contribution < 1.29 is 9.32 Å². The topological polar surface area (TPSA) is 73.0 Å². The summed E-state index contributed by atoms with van der Waals surface area (Å²) in [6.45, 7) is 0.253. The predicted octanol–water partition coefficient (Wildman–Crippen LogP) is 3.26. The van der Waals surface area contributed by atoms with Gasteiger partial charge in [0.25, 0.3) is 0 Å². The van der Waals surface area contributed by atoms with Gasteiger partial charge in [-0.1, -0.05) is 24.1 Å². The Kier molecular flexibility index (Phi) is 4.17. The highest BCUT2D eigenvalue weighted by atomic mass is 32.1. The third-order valence-corrected chi connectivity index (χ3v) is 6.00. The Morgan fingerprint density at radius 2 is 2.20 bits per heavy atom. The third-order valence-electron chi connectivity index (χ3n) is 4.93. The summed E-state index contributed by atoms with van der Waals surface area (Å²) in [4.78, 5) is 18.5. The van der Waals surface area contributed by atoms with Crippen LogP contribution in [0.1, 0.15) is 36.5 Å². The van der Waals surface area contributed by atoms with E-state index >= 15 is 0 Å². The van der Waals surface area contributed by atoms with Crippen LogP contribution >= 0.6 is 11.3 Å². The lowest BCUT2D eigenvalue weighted by Gasteiger charge is -2.26. The van der Waals surface area contributed by atoms with Crippen LogP contribution in [0.3, 0.4) is 0 Å². The minimum absolute atomic E-state index is 0.0612. The number of aryl methyl sites for hydroxylation is 1. The molecule has 7 heteroatoms. The van der Waals surface area contributed by atoms with Gasteiger partial charge in [-0.2, -0.15) is 4.98 Å². The number of aromatic nitrogens is 3. The zero-order valence-corrected chi connectivity index (χ0v) is 14.9. The van der Waals surface area contributed by atoms with Crippen molar-refractivity contribution in [1.82, 2.24) is 20.0 Å². The van der Waals surface area contributed by atoms with Crippen molar-refractivity contribution in [3.8, 4) is 11.5 Å². The Bertz CT molecular complexity index is 859. The van der Waals surface area contributed by atoms with Crippen LogP contribution in [0.15, 0.2) is 40.4 Å². The molecular weight excluding hydrogens is 336 g/mol. The number of nitrogens with one attached hydrogen (secondary N) is 1. The first-order valence-corrected chi connectivity index (χ1v) is 9.34. The zero-order valence-electron chi connectivity index (χ0n) is 14.1. The second-order valence-electron chi connectivity index (χ2n) is 6.47. The molecule has 3 aromatic heterocycles. The molecule has 0 aliphatic heterocycles. The first-order chi connectivity index (χ1) is 12.2. The summed E-state index contributed by atoms with van der Waals surface area (Å²) in [7, 11) is 1.93. The first-order valence-electron chi connectivity index (χ1n) is 8.46. The molecule has 3 aromatic rings. The number of nitrogens with zero attached hydrogens (tertiary/aromatic N) is 3. The van der Waals surface area contributed by atoms with Gasteiger partial charge in [-0.25, -0.2) is 0 Å². The molecule has 3 heterocycles. The lowest BCUT2D eigenvalue weighted by Crippen LogP contribution is -2.41. The van der Waals surface area contributed by atoms with Crippen LogP contribution < -0.4 is 5.32 Å². The fourth-order valence-corrected chi connectivity index (χ4v) is 4.55. The Morgan fingerprint density at radius 1 is 1.36 bits per heavy atom. The Balaban J connectivity index is 1.47. The summed E-state index contributed by atoms with van der Waals surface area (Å²) in [6.07, 6.45) is 5.90. The van der Waals surface area contributed by atoms with Gasteiger partial charge >= 0.3 is 0 Å². The minimum Gasteiger partial charge on any atom is -0.348 e. The van der Waals surface area contributed by atoms with Crippen LogP contribution in [0.25, 0.3) is 11.5 Å². The van der Waals surface area contributed by atoms with Crippen molar-refractivity contribution in [2.24, 2.45) is 7.05 Å². The Morgan fingerprint density at radius 3 is 2.88 bits per heavy atom. The van der Waals surface area contributed by atoms with Gasteiger partial charge in [0.05, 0.1) is 17.7 Å². The van der Waals surface area contributed by atoms with Crippen molar-refractivity contribution in [3.63, 3.8) is 0 Å². The molecule has 1 saturated carbocycles.